The fourth-order valence-electron chi connectivity index (χ4n) is 2.77. The van der Waals surface area contributed by atoms with E-state index in [-0.39, 0.29) is 12.7 Å². The molecule has 1 amide bonds. The zero-order valence-electron chi connectivity index (χ0n) is 14.7. The highest BCUT2D eigenvalue weighted by Gasteiger charge is 2.13. The van der Waals surface area contributed by atoms with Gasteiger partial charge in [0.05, 0.1) is 0 Å². The molecule has 5 heteroatoms. The van der Waals surface area contributed by atoms with Gasteiger partial charge in [-0.15, -0.1) is 0 Å². The van der Waals surface area contributed by atoms with Gasteiger partial charge in [0.15, 0.2) is 11.5 Å². The fourth-order valence-corrected chi connectivity index (χ4v) is 2.77. The molecule has 3 aromatic carbocycles. The highest BCUT2D eigenvalue weighted by Crippen LogP contribution is 2.32. The summed E-state index contributed by atoms with van der Waals surface area (Å²) in [7, 11) is 0. The summed E-state index contributed by atoms with van der Waals surface area (Å²) < 4.78 is 16.4. The van der Waals surface area contributed by atoms with Crippen molar-refractivity contribution in [2.45, 2.75) is 13.2 Å². The maximum Gasteiger partial charge on any atom is 0.251 e. The highest BCUT2D eigenvalue weighted by molar-refractivity contribution is 5.94. The number of rotatable bonds is 6. The van der Waals surface area contributed by atoms with E-state index in [1.54, 1.807) is 12.1 Å². The Morgan fingerprint density at radius 1 is 0.889 bits per heavy atom. The predicted molar refractivity (Wildman–Crippen MR) is 101 cm³/mol. The molecule has 0 fully saturated rings. The van der Waals surface area contributed by atoms with Crippen LogP contribution in [0.3, 0.4) is 0 Å². The van der Waals surface area contributed by atoms with Crippen molar-refractivity contribution in [3.05, 3.63) is 89.5 Å². The van der Waals surface area contributed by atoms with Gasteiger partial charge in [-0.05, 0) is 47.5 Å². The molecule has 136 valence electrons. The number of hydrogen-bond acceptors (Lipinski definition) is 4. The number of carbonyl (C=O) groups is 1. The smallest absolute Gasteiger partial charge is 0.251 e. The largest absolute Gasteiger partial charge is 0.489 e. The van der Waals surface area contributed by atoms with Gasteiger partial charge in [-0.1, -0.05) is 36.4 Å². The van der Waals surface area contributed by atoms with E-state index < -0.39 is 0 Å². The first-order chi connectivity index (χ1) is 13.3. The maximum absolute atomic E-state index is 12.3. The molecular weight excluding hydrogens is 342 g/mol. The first-order valence-electron chi connectivity index (χ1n) is 8.71. The summed E-state index contributed by atoms with van der Waals surface area (Å²) in [6, 6.07) is 22.7. The van der Waals surface area contributed by atoms with E-state index in [1.165, 1.54) is 0 Å². The van der Waals surface area contributed by atoms with Crippen molar-refractivity contribution < 1.29 is 19.0 Å². The molecule has 0 atom stereocenters. The third-order valence-corrected chi connectivity index (χ3v) is 4.25. The van der Waals surface area contributed by atoms with Crippen LogP contribution >= 0.6 is 0 Å². The molecule has 0 spiro atoms. The molecular formula is C22H19NO4. The van der Waals surface area contributed by atoms with Crippen molar-refractivity contribution >= 4 is 5.91 Å². The fraction of sp³-hybridized carbons (Fsp3) is 0.136. The lowest BCUT2D eigenvalue weighted by Crippen LogP contribution is -2.22. The van der Waals surface area contributed by atoms with Crippen molar-refractivity contribution in [2.24, 2.45) is 0 Å². The van der Waals surface area contributed by atoms with Gasteiger partial charge in [0.1, 0.15) is 12.4 Å². The Balaban J connectivity index is 1.31. The van der Waals surface area contributed by atoms with Crippen LogP contribution in [0.4, 0.5) is 0 Å². The molecule has 27 heavy (non-hydrogen) atoms. The molecule has 1 heterocycles. The SMILES string of the molecule is O=C(NCc1ccc2c(c1)OCO2)c1ccc(COc2ccccc2)cc1. The third kappa shape index (κ3) is 4.20. The Labute approximate surface area is 157 Å². The Morgan fingerprint density at radius 3 is 2.44 bits per heavy atom. The average Bonchev–Trinajstić information content (AvgIpc) is 3.19. The van der Waals surface area contributed by atoms with E-state index in [4.69, 9.17) is 14.2 Å². The van der Waals surface area contributed by atoms with Crippen LogP contribution in [0.1, 0.15) is 21.5 Å². The minimum atomic E-state index is -0.122. The van der Waals surface area contributed by atoms with Crippen molar-refractivity contribution in [1.82, 2.24) is 5.32 Å². The molecule has 0 bridgehead atoms. The molecule has 1 N–H and O–H groups in total. The minimum absolute atomic E-state index is 0.122. The minimum Gasteiger partial charge on any atom is -0.489 e. The number of benzene rings is 3. The monoisotopic (exact) mass is 361 g/mol. The second-order valence-electron chi connectivity index (χ2n) is 6.17. The first kappa shape index (κ1) is 17.0. The van der Waals surface area contributed by atoms with Crippen molar-refractivity contribution in [2.75, 3.05) is 6.79 Å². The molecule has 0 aromatic heterocycles. The summed E-state index contributed by atoms with van der Waals surface area (Å²) in [5, 5.41) is 2.92. The number of hydrogen-bond donors (Lipinski definition) is 1. The Kier molecular flexibility index (Phi) is 4.92. The maximum atomic E-state index is 12.3. The number of ether oxygens (including phenoxy) is 3. The lowest BCUT2D eigenvalue weighted by Gasteiger charge is -2.08. The van der Waals surface area contributed by atoms with E-state index in [0.717, 1.165) is 22.6 Å². The van der Waals surface area contributed by atoms with Crippen LogP contribution in [0.5, 0.6) is 17.2 Å². The highest BCUT2D eigenvalue weighted by atomic mass is 16.7. The second kappa shape index (κ2) is 7.83. The van der Waals surface area contributed by atoms with Crippen LogP contribution in [0.25, 0.3) is 0 Å². The summed E-state index contributed by atoms with van der Waals surface area (Å²) in [5.41, 5.74) is 2.57. The summed E-state index contributed by atoms with van der Waals surface area (Å²) in [4.78, 5) is 12.3. The normalized spacial score (nSPS) is 11.9. The zero-order chi connectivity index (χ0) is 18.5. The Bertz CT molecular complexity index is 923. The van der Waals surface area contributed by atoms with Crippen LogP contribution in [-0.4, -0.2) is 12.7 Å². The van der Waals surface area contributed by atoms with Gasteiger partial charge in [-0.3, -0.25) is 4.79 Å². The molecule has 0 aliphatic carbocycles. The van der Waals surface area contributed by atoms with E-state index in [9.17, 15) is 4.79 Å². The number of amides is 1. The van der Waals surface area contributed by atoms with Gasteiger partial charge in [0.25, 0.3) is 5.91 Å². The van der Waals surface area contributed by atoms with Crippen LogP contribution in [0.15, 0.2) is 72.8 Å². The van der Waals surface area contributed by atoms with E-state index in [0.29, 0.717) is 24.5 Å². The van der Waals surface area contributed by atoms with Gasteiger partial charge in [0.2, 0.25) is 6.79 Å². The number of para-hydroxylation sites is 1. The van der Waals surface area contributed by atoms with Crippen molar-refractivity contribution in [1.29, 1.82) is 0 Å². The van der Waals surface area contributed by atoms with E-state index in [1.807, 2.05) is 60.7 Å². The second-order valence-corrected chi connectivity index (χ2v) is 6.17. The summed E-state index contributed by atoms with van der Waals surface area (Å²) >= 11 is 0. The summed E-state index contributed by atoms with van der Waals surface area (Å²) in [6.45, 7) is 1.13. The molecule has 5 nitrogen and oxygen atoms in total. The Morgan fingerprint density at radius 2 is 1.63 bits per heavy atom. The number of nitrogens with one attached hydrogen (secondary N) is 1. The van der Waals surface area contributed by atoms with Crippen LogP contribution < -0.4 is 19.5 Å². The lowest BCUT2D eigenvalue weighted by atomic mass is 10.1. The summed E-state index contributed by atoms with van der Waals surface area (Å²) in [5.74, 6) is 2.15. The molecule has 0 saturated heterocycles. The average molecular weight is 361 g/mol. The van der Waals surface area contributed by atoms with Crippen molar-refractivity contribution in [3.63, 3.8) is 0 Å². The van der Waals surface area contributed by atoms with E-state index in [2.05, 4.69) is 5.32 Å². The lowest BCUT2D eigenvalue weighted by molar-refractivity contribution is 0.0950. The predicted octanol–water partition coefficient (Wildman–Crippen LogP) is 3.92. The molecule has 1 aliphatic heterocycles. The quantitative estimate of drug-likeness (QED) is 0.723. The van der Waals surface area contributed by atoms with Gasteiger partial charge < -0.3 is 19.5 Å². The van der Waals surface area contributed by atoms with Crippen LogP contribution in [0.2, 0.25) is 0 Å². The van der Waals surface area contributed by atoms with Crippen LogP contribution in [0, 0.1) is 0 Å². The van der Waals surface area contributed by atoms with E-state index >= 15 is 0 Å². The van der Waals surface area contributed by atoms with Crippen LogP contribution in [-0.2, 0) is 13.2 Å². The molecule has 0 unspecified atom stereocenters. The standard InChI is InChI=1S/C22H19NO4/c24-22(23-13-17-8-11-20-21(12-17)27-15-26-20)18-9-6-16(7-10-18)14-25-19-4-2-1-3-5-19/h1-12H,13-15H2,(H,23,24). The molecule has 1 aliphatic rings. The van der Waals surface area contributed by atoms with Gasteiger partial charge in [0, 0.05) is 12.1 Å². The third-order valence-electron chi connectivity index (χ3n) is 4.25. The zero-order valence-corrected chi connectivity index (χ0v) is 14.7. The molecule has 3 aromatic rings. The summed E-state index contributed by atoms with van der Waals surface area (Å²) in [6.07, 6.45) is 0. The Hall–Kier alpha value is -3.47. The number of fused-ring (bicyclic) bond motifs is 1. The van der Waals surface area contributed by atoms with Gasteiger partial charge >= 0.3 is 0 Å². The molecule has 0 radical (unpaired) electrons. The van der Waals surface area contributed by atoms with Crippen molar-refractivity contribution in [3.8, 4) is 17.2 Å². The number of carbonyl (C=O) groups excluding carboxylic acids is 1. The first-order valence-corrected chi connectivity index (χ1v) is 8.71. The van der Waals surface area contributed by atoms with Gasteiger partial charge in [-0.2, -0.15) is 0 Å². The topological polar surface area (TPSA) is 56.8 Å². The van der Waals surface area contributed by atoms with Gasteiger partial charge in [-0.25, -0.2) is 0 Å². The molecule has 0 saturated carbocycles. The molecule has 4 rings (SSSR count).